The molecule has 0 amide bonds. The molecular formula is C27H19N3O2. The van der Waals surface area contributed by atoms with Gasteiger partial charge in [0, 0.05) is 17.2 Å². The predicted molar refractivity (Wildman–Crippen MR) is 121 cm³/mol. The second-order valence-electron chi connectivity index (χ2n) is 8.11. The molecule has 5 rings (SSSR count). The highest BCUT2D eigenvalue weighted by Gasteiger charge is 2.63. The average Bonchev–Trinajstić information content (AvgIpc) is 3.15. The first kappa shape index (κ1) is 19.6. The average molecular weight is 417 g/mol. The molecule has 0 aliphatic carbocycles. The monoisotopic (exact) mass is 417 g/mol. The Morgan fingerprint density at radius 2 is 1.56 bits per heavy atom. The molecule has 0 aromatic heterocycles. The third-order valence-electron chi connectivity index (χ3n) is 6.49. The van der Waals surface area contributed by atoms with Crippen molar-refractivity contribution >= 4 is 17.5 Å². The first-order chi connectivity index (χ1) is 15.6. The highest BCUT2D eigenvalue weighted by atomic mass is 16.3. The van der Waals surface area contributed by atoms with Crippen LogP contribution in [0.5, 0.6) is 5.75 Å². The maximum absolute atomic E-state index is 13.9. The molecule has 32 heavy (non-hydrogen) atoms. The molecule has 0 bridgehead atoms. The number of para-hydroxylation sites is 1. The van der Waals surface area contributed by atoms with E-state index in [0.29, 0.717) is 11.1 Å². The Morgan fingerprint density at radius 1 is 0.906 bits per heavy atom. The van der Waals surface area contributed by atoms with E-state index in [1.54, 1.807) is 36.4 Å². The molecule has 1 fully saturated rings. The number of ketones is 1. The largest absolute Gasteiger partial charge is 0.508 e. The van der Waals surface area contributed by atoms with Crippen LogP contribution in [0.15, 0.2) is 84.9 Å². The summed E-state index contributed by atoms with van der Waals surface area (Å²) in [6.07, 6.45) is 3.78. The molecule has 2 heterocycles. The number of hydrogen-bond acceptors (Lipinski definition) is 5. The fraction of sp³-hybridized carbons (Fsp3) is 0.148. The lowest BCUT2D eigenvalue weighted by atomic mass is 9.69. The summed E-state index contributed by atoms with van der Waals surface area (Å²) in [6.45, 7) is 0. The van der Waals surface area contributed by atoms with Gasteiger partial charge in [0.15, 0.2) is 11.2 Å². The number of nitrogens with zero attached hydrogens (tertiary/aromatic N) is 3. The number of nitriles is 2. The lowest BCUT2D eigenvalue weighted by molar-refractivity contribution is 0.0951. The van der Waals surface area contributed by atoms with Gasteiger partial charge in [0.25, 0.3) is 0 Å². The fourth-order valence-electron chi connectivity index (χ4n) is 5.06. The van der Waals surface area contributed by atoms with Gasteiger partial charge in [-0.15, -0.1) is 0 Å². The summed E-state index contributed by atoms with van der Waals surface area (Å²) in [5.74, 6) is -0.780. The lowest BCUT2D eigenvalue weighted by Gasteiger charge is -2.35. The third kappa shape index (κ3) is 2.72. The van der Waals surface area contributed by atoms with Crippen molar-refractivity contribution in [3.8, 4) is 17.9 Å². The maximum Gasteiger partial charge on any atom is 0.185 e. The van der Waals surface area contributed by atoms with Crippen LogP contribution < -0.4 is 4.90 Å². The molecule has 1 saturated heterocycles. The van der Waals surface area contributed by atoms with Gasteiger partial charge in [0.1, 0.15) is 11.8 Å². The zero-order valence-corrected chi connectivity index (χ0v) is 17.1. The van der Waals surface area contributed by atoms with E-state index >= 15 is 0 Å². The van der Waals surface area contributed by atoms with Gasteiger partial charge in [-0.3, -0.25) is 4.79 Å². The summed E-state index contributed by atoms with van der Waals surface area (Å²) < 4.78 is 0. The third-order valence-corrected chi connectivity index (χ3v) is 6.49. The van der Waals surface area contributed by atoms with Gasteiger partial charge in [-0.2, -0.15) is 10.5 Å². The number of phenols is 1. The summed E-state index contributed by atoms with van der Waals surface area (Å²) in [6, 6.07) is 26.3. The van der Waals surface area contributed by atoms with Crippen molar-refractivity contribution in [2.75, 3.05) is 4.90 Å². The molecule has 0 spiro atoms. The van der Waals surface area contributed by atoms with Gasteiger partial charge >= 0.3 is 0 Å². The fourth-order valence-corrected chi connectivity index (χ4v) is 5.06. The number of fused-ring (bicyclic) bond motifs is 3. The molecule has 2 aliphatic rings. The molecule has 3 aromatic carbocycles. The quantitative estimate of drug-likeness (QED) is 0.626. The Morgan fingerprint density at radius 3 is 2.25 bits per heavy atom. The first-order valence-electron chi connectivity index (χ1n) is 10.4. The molecule has 0 radical (unpaired) electrons. The molecule has 0 unspecified atom stereocenters. The second-order valence-corrected chi connectivity index (χ2v) is 8.11. The second kappa shape index (κ2) is 7.41. The van der Waals surface area contributed by atoms with Gasteiger partial charge < -0.3 is 10.0 Å². The Kier molecular flexibility index (Phi) is 4.54. The van der Waals surface area contributed by atoms with Crippen molar-refractivity contribution in [3.05, 3.63) is 102 Å². The molecule has 3 aromatic rings. The maximum atomic E-state index is 13.9. The highest BCUT2D eigenvalue weighted by Crippen LogP contribution is 2.55. The summed E-state index contributed by atoms with van der Waals surface area (Å²) in [5, 5.41) is 30.5. The van der Waals surface area contributed by atoms with Gasteiger partial charge in [-0.1, -0.05) is 72.8 Å². The van der Waals surface area contributed by atoms with Crippen molar-refractivity contribution in [2.45, 2.75) is 18.0 Å². The molecule has 5 nitrogen and oxygen atoms in total. The van der Waals surface area contributed by atoms with Crippen molar-refractivity contribution in [1.82, 2.24) is 0 Å². The van der Waals surface area contributed by atoms with Crippen LogP contribution in [-0.4, -0.2) is 23.0 Å². The predicted octanol–water partition coefficient (Wildman–Crippen LogP) is 4.68. The molecule has 3 atom stereocenters. The number of aromatic hydroxyl groups is 1. The van der Waals surface area contributed by atoms with Crippen molar-refractivity contribution in [2.24, 2.45) is 5.41 Å². The minimum absolute atomic E-state index is 0.0835. The van der Waals surface area contributed by atoms with Gasteiger partial charge in [-0.25, -0.2) is 0 Å². The Labute approximate surface area is 186 Å². The van der Waals surface area contributed by atoms with Gasteiger partial charge in [0.2, 0.25) is 0 Å². The first-order valence-corrected chi connectivity index (χ1v) is 10.4. The Balaban J connectivity index is 1.79. The number of hydrogen-bond donors (Lipinski definition) is 1. The van der Waals surface area contributed by atoms with Crippen molar-refractivity contribution in [1.29, 1.82) is 10.5 Å². The number of carbonyl (C=O) groups is 1. The summed E-state index contributed by atoms with van der Waals surface area (Å²) >= 11 is 0. The lowest BCUT2D eigenvalue weighted by Crippen LogP contribution is -2.44. The topological polar surface area (TPSA) is 88.1 Å². The molecule has 0 saturated carbocycles. The number of rotatable bonds is 3. The minimum atomic E-state index is -1.49. The van der Waals surface area contributed by atoms with Crippen LogP contribution in [0.3, 0.4) is 0 Å². The van der Waals surface area contributed by atoms with Crippen LogP contribution in [0, 0.1) is 28.1 Å². The van der Waals surface area contributed by atoms with Crippen molar-refractivity contribution in [3.63, 3.8) is 0 Å². The van der Waals surface area contributed by atoms with Crippen LogP contribution in [0.4, 0.5) is 5.69 Å². The van der Waals surface area contributed by atoms with Crippen molar-refractivity contribution < 1.29 is 9.90 Å². The summed E-state index contributed by atoms with van der Waals surface area (Å²) in [7, 11) is 0. The molecular weight excluding hydrogens is 398 g/mol. The standard InChI is InChI=1S/C27H19N3O2/c28-16-27(17-29)23-15-12-18-6-4-5-9-22(18)30(23)25(26(32)20-7-2-1-3-8-20)24(27)19-10-13-21(31)14-11-19/h1-15,23-25,31H/t23-,24-,25-/m1/s1. The SMILES string of the molecule is N#CC1(C#N)[C@H](c2ccc(O)cc2)[C@H](C(=O)c2ccccc2)N2c3ccccc3C=C[C@@H]21. The van der Waals surface area contributed by atoms with E-state index in [9.17, 15) is 20.4 Å². The van der Waals surface area contributed by atoms with E-state index in [-0.39, 0.29) is 11.5 Å². The van der Waals surface area contributed by atoms with Crippen LogP contribution in [0.25, 0.3) is 6.08 Å². The smallest absolute Gasteiger partial charge is 0.185 e. The Bertz CT molecular complexity index is 1290. The van der Waals surface area contributed by atoms with E-state index in [0.717, 1.165) is 11.3 Å². The van der Waals surface area contributed by atoms with E-state index in [1.807, 2.05) is 47.4 Å². The summed E-state index contributed by atoms with van der Waals surface area (Å²) in [5.41, 5.74) is 1.46. The number of carbonyl (C=O) groups excluding carboxylic acids is 1. The van der Waals surface area contributed by atoms with E-state index in [2.05, 4.69) is 12.1 Å². The van der Waals surface area contributed by atoms with E-state index < -0.39 is 23.4 Å². The minimum Gasteiger partial charge on any atom is -0.508 e. The highest BCUT2D eigenvalue weighted by molar-refractivity contribution is 6.04. The molecule has 154 valence electrons. The summed E-state index contributed by atoms with van der Waals surface area (Å²) in [4.78, 5) is 15.9. The number of Topliss-reactive ketones (excluding diaryl/α,β-unsaturated/α-hetero) is 1. The van der Waals surface area contributed by atoms with Crippen LogP contribution in [0.1, 0.15) is 27.4 Å². The molecule has 1 N–H and O–H groups in total. The number of benzene rings is 3. The Hall–Kier alpha value is -4.35. The zero-order chi connectivity index (χ0) is 22.3. The van der Waals surface area contributed by atoms with Gasteiger partial charge in [-0.05, 0) is 29.3 Å². The van der Waals surface area contributed by atoms with Crippen LogP contribution in [-0.2, 0) is 0 Å². The normalized spacial score (nSPS) is 22.3. The van der Waals surface area contributed by atoms with Gasteiger partial charge in [0.05, 0.1) is 18.2 Å². The van der Waals surface area contributed by atoms with E-state index in [1.165, 1.54) is 12.1 Å². The van der Waals surface area contributed by atoms with E-state index in [4.69, 9.17) is 0 Å². The number of anilines is 1. The van der Waals surface area contributed by atoms with Crippen LogP contribution in [0.2, 0.25) is 0 Å². The number of phenolic OH excluding ortho intramolecular Hbond substituents is 1. The molecule has 2 aliphatic heterocycles. The zero-order valence-electron chi connectivity index (χ0n) is 17.1. The van der Waals surface area contributed by atoms with Crippen LogP contribution >= 0.6 is 0 Å². The molecule has 5 heteroatoms.